The van der Waals surface area contributed by atoms with Crippen molar-refractivity contribution in [1.82, 2.24) is 4.90 Å². The van der Waals surface area contributed by atoms with Crippen molar-refractivity contribution < 1.29 is 14.7 Å². The second-order valence-corrected chi connectivity index (χ2v) is 5.97. The topological polar surface area (TPSA) is 57.6 Å². The molecule has 2 fully saturated rings. The van der Waals surface area contributed by atoms with Gasteiger partial charge in [0, 0.05) is 18.0 Å². The highest BCUT2D eigenvalue weighted by Gasteiger charge is 2.39. The van der Waals surface area contributed by atoms with Gasteiger partial charge in [-0.1, -0.05) is 0 Å². The van der Waals surface area contributed by atoms with Crippen LogP contribution >= 0.6 is 0 Å². The normalized spacial score (nSPS) is 28.2. The highest BCUT2D eigenvalue weighted by atomic mass is 16.4. The molecule has 0 heterocycles. The third-order valence-electron chi connectivity index (χ3n) is 4.41. The summed E-state index contributed by atoms with van der Waals surface area (Å²) in [6, 6.07) is 0.632. The lowest BCUT2D eigenvalue weighted by atomic mass is 9.89. The second-order valence-electron chi connectivity index (χ2n) is 5.97. The first-order chi connectivity index (χ1) is 8.50. The van der Waals surface area contributed by atoms with Gasteiger partial charge in [-0.2, -0.15) is 0 Å². The number of aliphatic carboxylic acids is 1. The third kappa shape index (κ3) is 2.52. The van der Waals surface area contributed by atoms with E-state index in [2.05, 4.69) is 13.8 Å². The van der Waals surface area contributed by atoms with Gasteiger partial charge in [0.1, 0.15) is 0 Å². The molecule has 4 nitrogen and oxygen atoms in total. The summed E-state index contributed by atoms with van der Waals surface area (Å²) >= 11 is 0. The zero-order chi connectivity index (χ0) is 13.3. The minimum absolute atomic E-state index is 0.0610. The molecule has 1 N–H and O–H groups in total. The summed E-state index contributed by atoms with van der Waals surface area (Å²) in [5, 5.41) is 9.00. The molecule has 2 aliphatic carbocycles. The maximum Gasteiger partial charge on any atom is 0.306 e. The molecule has 2 atom stereocenters. The van der Waals surface area contributed by atoms with Crippen LogP contribution in [-0.4, -0.2) is 34.0 Å². The summed E-state index contributed by atoms with van der Waals surface area (Å²) in [5.74, 6) is -0.924. The molecule has 0 radical (unpaired) electrons. The molecule has 0 aromatic rings. The Bertz CT molecular complexity index is 336. The summed E-state index contributed by atoms with van der Waals surface area (Å²) in [7, 11) is 0. The fraction of sp³-hybridized carbons (Fsp3) is 0.857. The summed E-state index contributed by atoms with van der Waals surface area (Å²) < 4.78 is 0. The van der Waals surface area contributed by atoms with Gasteiger partial charge >= 0.3 is 5.97 Å². The number of hydrogen-bond acceptors (Lipinski definition) is 2. The number of amides is 1. The predicted molar refractivity (Wildman–Crippen MR) is 68.1 cm³/mol. The van der Waals surface area contributed by atoms with Gasteiger partial charge in [-0.3, -0.25) is 9.59 Å². The first-order valence-corrected chi connectivity index (χ1v) is 7.05. The molecule has 0 bridgehead atoms. The first-order valence-electron chi connectivity index (χ1n) is 7.05. The van der Waals surface area contributed by atoms with Gasteiger partial charge in [0.25, 0.3) is 0 Å². The molecule has 2 aliphatic rings. The standard InChI is InChI=1S/C14H23NO3/c1-9(2)15(12-4-3-5-12)13(16)10-6-7-11(8-10)14(17)18/h9-12H,3-8H2,1-2H3,(H,17,18)/t10-,11+/m1/s1. The minimum atomic E-state index is -0.745. The summed E-state index contributed by atoms with van der Waals surface area (Å²) in [4.78, 5) is 25.5. The van der Waals surface area contributed by atoms with E-state index >= 15 is 0 Å². The highest BCUT2D eigenvalue weighted by molar-refractivity contribution is 5.81. The Kier molecular flexibility index (Phi) is 3.93. The fourth-order valence-electron chi connectivity index (χ4n) is 3.16. The van der Waals surface area contributed by atoms with Crippen molar-refractivity contribution in [3.8, 4) is 0 Å². The van der Waals surface area contributed by atoms with E-state index < -0.39 is 5.97 Å². The van der Waals surface area contributed by atoms with Crippen LogP contribution in [0.4, 0.5) is 0 Å². The maximum atomic E-state index is 12.5. The minimum Gasteiger partial charge on any atom is -0.481 e. The van der Waals surface area contributed by atoms with E-state index in [1.165, 1.54) is 6.42 Å². The SMILES string of the molecule is CC(C)N(C(=O)[C@@H]1CC[C@H](C(=O)O)C1)C1CCC1. The Morgan fingerprint density at radius 3 is 2.11 bits per heavy atom. The van der Waals surface area contributed by atoms with Crippen molar-refractivity contribution in [2.24, 2.45) is 11.8 Å². The van der Waals surface area contributed by atoms with Gasteiger partial charge in [-0.15, -0.1) is 0 Å². The lowest BCUT2D eigenvalue weighted by Gasteiger charge is -2.41. The quantitative estimate of drug-likeness (QED) is 0.836. The number of nitrogens with zero attached hydrogens (tertiary/aromatic N) is 1. The van der Waals surface area contributed by atoms with Crippen LogP contribution < -0.4 is 0 Å². The van der Waals surface area contributed by atoms with Gasteiger partial charge < -0.3 is 10.0 Å². The number of rotatable bonds is 4. The summed E-state index contributed by atoms with van der Waals surface area (Å²) in [6.45, 7) is 4.11. The highest BCUT2D eigenvalue weighted by Crippen LogP contribution is 2.35. The maximum absolute atomic E-state index is 12.5. The Hall–Kier alpha value is -1.06. The Balaban J connectivity index is 1.99. The van der Waals surface area contributed by atoms with E-state index in [0.29, 0.717) is 18.9 Å². The van der Waals surface area contributed by atoms with Gasteiger partial charge in [0.15, 0.2) is 0 Å². The van der Waals surface area contributed by atoms with Crippen LogP contribution in [0, 0.1) is 11.8 Å². The van der Waals surface area contributed by atoms with Crippen LogP contribution in [0.3, 0.4) is 0 Å². The average molecular weight is 253 g/mol. The van der Waals surface area contributed by atoms with Crippen molar-refractivity contribution in [2.45, 2.75) is 64.5 Å². The summed E-state index contributed by atoms with van der Waals surface area (Å²) in [5.41, 5.74) is 0. The van der Waals surface area contributed by atoms with Crippen molar-refractivity contribution in [2.75, 3.05) is 0 Å². The molecular weight excluding hydrogens is 230 g/mol. The second kappa shape index (κ2) is 5.29. The van der Waals surface area contributed by atoms with E-state index in [1.54, 1.807) is 0 Å². The number of carbonyl (C=O) groups excluding carboxylic acids is 1. The van der Waals surface area contributed by atoms with Gasteiger partial charge in [0.2, 0.25) is 5.91 Å². The number of carboxylic acid groups (broad SMARTS) is 1. The van der Waals surface area contributed by atoms with E-state index in [9.17, 15) is 9.59 Å². The zero-order valence-corrected chi connectivity index (χ0v) is 11.3. The summed E-state index contributed by atoms with van der Waals surface area (Å²) in [6.07, 6.45) is 5.36. The van der Waals surface area contributed by atoms with Crippen LogP contribution in [0.1, 0.15) is 52.4 Å². The van der Waals surface area contributed by atoms with Gasteiger partial charge in [-0.05, 0) is 52.4 Å². The van der Waals surface area contributed by atoms with Gasteiger partial charge in [-0.25, -0.2) is 0 Å². The number of hydrogen-bond donors (Lipinski definition) is 1. The van der Waals surface area contributed by atoms with Crippen LogP contribution in [0.2, 0.25) is 0 Å². The fourth-order valence-corrected chi connectivity index (χ4v) is 3.16. The molecule has 2 saturated carbocycles. The number of carboxylic acids is 1. The first kappa shape index (κ1) is 13.4. The molecule has 0 aliphatic heterocycles. The van der Waals surface area contributed by atoms with E-state index in [-0.39, 0.29) is 23.8 Å². The third-order valence-corrected chi connectivity index (χ3v) is 4.41. The Labute approximate surface area is 108 Å². The lowest BCUT2D eigenvalue weighted by Crippen LogP contribution is -2.50. The van der Waals surface area contributed by atoms with Gasteiger partial charge in [0.05, 0.1) is 5.92 Å². The smallest absolute Gasteiger partial charge is 0.306 e. The predicted octanol–water partition coefficient (Wildman–Crippen LogP) is 2.28. The van der Waals surface area contributed by atoms with Crippen molar-refractivity contribution in [3.63, 3.8) is 0 Å². The molecule has 0 aromatic heterocycles. The largest absolute Gasteiger partial charge is 0.481 e. The van der Waals surface area contributed by atoms with Crippen LogP contribution in [0.5, 0.6) is 0 Å². The molecule has 0 aromatic carbocycles. The Morgan fingerprint density at radius 2 is 1.72 bits per heavy atom. The molecule has 0 spiro atoms. The number of carbonyl (C=O) groups is 2. The lowest BCUT2D eigenvalue weighted by molar-refractivity contribution is -0.143. The van der Waals surface area contributed by atoms with Crippen molar-refractivity contribution >= 4 is 11.9 Å². The molecule has 1 amide bonds. The molecule has 0 saturated heterocycles. The van der Waals surface area contributed by atoms with Crippen molar-refractivity contribution in [3.05, 3.63) is 0 Å². The monoisotopic (exact) mass is 253 g/mol. The zero-order valence-electron chi connectivity index (χ0n) is 11.3. The molecule has 102 valence electrons. The molecular formula is C14H23NO3. The van der Waals surface area contributed by atoms with Crippen LogP contribution in [0.15, 0.2) is 0 Å². The molecule has 0 unspecified atom stereocenters. The van der Waals surface area contributed by atoms with E-state index in [4.69, 9.17) is 5.11 Å². The van der Waals surface area contributed by atoms with Crippen molar-refractivity contribution in [1.29, 1.82) is 0 Å². The van der Waals surface area contributed by atoms with E-state index in [0.717, 1.165) is 19.3 Å². The average Bonchev–Trinajstić information content (AvgIpc) is 2.70. The Morgan fingerprint density at radius 1 is 1.11 bits per heavy atom. The van der Waals surface area contributed by atoms with Crippen LogP contribution in [0.25, 0.3) is 0 Å². The molecule has 2 rings (SSSR count). The molecule has 4 heteroatoms. The molecule has 18 heavy (non-hydrogen) atoms. The van der Waals surface area contributed by atoms with Crippen LogP contribution in [-0.2, 0) is 9.59 Å². The van der Waals surface area contributed by atoms with E-state index in [1.807, 2.05) is 4.90 Å².